The van der Waals surface area contributed by atoms with Crippen LogP contribution in [-0.2, 0) is 15.3 Å². The highest BCUT2D eigenvalue weighted by atomic mass is 16.7. The van der Waals surface area contributed by atoms with E-state index in [1.807, 2.05) is 43.3 Å². The first-order valence-electron chi connectivity index (χ1n) is 8.88. The van der Waals surface area contributed by atoms with Gasteiger partial charge in [0.25, 0.3) is 0 Å². The summed E-state index contributed by atoms with van der Waals surface area (Å²) in [6.07, 6.45) is 0. The number of hydrogen-bond acceptors (Lipinski definition) is 4. The Morgan fingerprint density at radius 2 is 1.22 bits per heavy atom. The first-order valence-corrected chi connectivity index (χ1v) is 8.88. The molecule has 0 aliphatic carbocycles. The first kappa shape index (κ1) is 17.5. The monoisotopic (exact) mass is 360 g/mol. The van der Waals surface area contributed by atoms with Crippen molar-refractivity contribution in [2.45, 2.75) is 12.7 Å². The summed E-state index contributed by atoms with van der Waals surface area (Å²) in [7, 11) is 0. The van der Waals surface area contributed by atoms with E-state index in [0.717, 1.165) is 16.7 Å². The van der Waals surface area contributed by atoms with E-state index in [2.05, 4.69) is 0 Å². The third kappa shape index (κ3) is 3.25. The zero-order valence-electron chi connectivity index (χ0n) is 15.0. The maximum absolute atomic E-state index is 12.7. The van der Waals surface area contributed by atoms with Gasteiger partial charge < -0.3 is 14.6 Å². The fraction of sp³-hybridized carbons (Fsp3) is 0.174. The molecule has 0 atom stereocenters. The molecule has 1 aliphatic heterocycles. The van der Waals surface area contributed by atoms with Gasteiger partial charge >= 0.3 is 0 Å². The summed E-state index contributed by atoms with van der Waals surface area (Å²) in [5.74, 6) is -0.849. The molecule has 1 N–H and O–H groups in total. The maximum atomic E-state index is 12.7. The van der Waals surface area contributed by atoms with Gasteiger partial charge in [0.05, 0.1) is 13.2 Å². The molecule has 0 spiro atoms. The van der Waals surface area contributed by atoms with Crippen LogP contribution in [0.4, 0.5) is 0 Å². The van der Waals surface area contributed by atoms with Crippen LogP contribution in [0.5, 0.6) is 5.75 Å². The lowest BCUT2D eigenvalue weighted by Gasteiger charge is -2.28. The van der Waals surface area contributed by atoms with Crippen LogP contribution in [-0.4, -0.2) is 24.1 Å². The molecule has 0 bridgehead atoms. The SMILES string of the molecule is Cc1ccc(C(=O)c2ccc(C3(c4ccc(O)cc4)OCCO3)cc2)cc1. The molecule has 1 heterocycles. The molecule has 3 aromatic rings. The van der Waals surface area contributed by atoms with Gasteiger partial charge in [-0.1, -0.05) is 54.1 Å². The summed E-state index contributed by atoms with van der Waals surface area (Å²) in [6, 6.07) is 21.6. The molecule has 4 nitrogen and oxygen atoms in total. The van der Waals surface area contributed by atoms with Crippen molar-refractivity contribution in [1.82, 2.24) is 0 Å². The Labute approximate surface area is 158 Å². The molecule has 27 heavy (non-hydrogen) atoms. The number of phenolic OH excluding ortho intramolecular Hbond substituents is 1. The van der Waals surface area contributed by atoms with Gasteiger partial charge in [0.2, 0.25) is 5.79 Å². The van der Waals surface area contributed by atoms with E-state index >= 15 is 0 Å². The molecule has 0 aromatic heterocycles. The number of aromatic hydroxyl groups is 1. The summed E-state index contributed by atoms with van der Waals surface area (Å²) in [4.78, 5) is 12.7. The number of carbonyl (C=O) groups is 1. The molecular formula is C23H20O4. The summed E-state index contributed by atoms with van der Waals surface area (Å²) in [5.41, 5.74) is 4.01. The highest BCUT2D eigenvalue weighted by molar-refractivity contribution is 6.09. The predicted molar refractivity (Wildman–Crippen MR) is 102 cm³/mol. The standard InChI is InChI=1S/C23H20O4/c1-16-2-4-17(5-3-16)22(25)18-6-8-19(9-7-18)23(26-14-15-27-23)20-10-12-21(24)13-11-20/h2-13,24H,14-15H2,1H3. The minimum atomic E-state index is -1.01. The fourth-order valence-corrected chi connectivity index (χ4v) is 3.31. The van der Waals surface area contributed by atoms with Crippen LogP contribution in [0.3, 0.4) is 0 Å². The van der Waals surface area contributed by atoms with E-state index in [1.165, 1.54) is 0 Å². The molecule has 3 aromatic carbocycles. The Hall–Kier alpha value is -2.95. The molecule has 4 rings (SSSR count). The van der Waals surface area contributed by atoms with Crippen molar-refractivity contribution in [3.05, 3.63) is 101 Å². The quantitative estimate of drug-likeness (QED) is 0.709. The molecule has 136 valence electrons. The van der Waals surface area contributed by atoms with Gasteiger partial charge in [0, 0.05) is 22.3 Å². The number of aryl methyl sites for hydroxylation is 1. The Morgan fingerprint density at radius 3 is 1.74 bits per heavy atom. The molecule has 4 heteroatoms. The Balaban J connectivity index is 1.66. The topological polar surface area (TPSA) is 55.8 Å². The number of ketones is 1. The smallest absolute Gasteiger partial charge is 0.222 e. The minimum absolute atomic E-state index is 0.0199. The van der Waals surface area contributed by atoms with Gasteiger partial charge in [-0.15, -0.1) is 0 Å². The molecule has 0 radical (unpaired) electrons. The van der Waals surface area contributed by atoms with Crippen LogP contribution in [0.1, 0.15) is 32.6 Å². The summed E-state index contributed by atoms with van der Waals surface area (Å²) in [5, 5.41) is 9.56. The van der Waals surface area contributed by atoms with Gasteiger partial charge in [-0.3, -0.25) is 4.79 Å². The highest BCUT2D eigenvalue weighted by Crippen LogP contribution is 2.39. The predicted octanol–water partition coefficient (Wildman–Crippen LogP) is 4.18. The third-order valence-corrected chi connectivity index (χ3v) is 4.78. The molecule has 0 unspecified atom stereocenters. The van der Waals surface area contributed by atoms with E-state index in [9.17, 15) is 9.90 Å². The lowest BCUT2D eigenvalue weighted by Crippen LogP contribution is -2.28. The van der Waals surface area contributed by atoms with Gasteiger partial charge in [-0.2, -0.15) is 0 Å². The van der Waals surface area contributed by atoms with Crippen molar-refractivity contribution in [2.75, 3.05) is 13.2 Å². The second kappa shape index (κ2) is 6.99. The maximum Gasteiger partial charge on any atom is 0.222 e. The van der Waals surface area contributed by atoms with E-state index in [1.54, 1.807) is 36.4 Å². The van der Waals surface area contributed by atoms with Gasteiger partial charge in [-0.05, 0) is 31.2 Å². The number of carbonyl (C=O) groups excluding carboxylic acids is 1. The molecule has 1 fully saturated rings. The number of hydrogen-bond donors (Lipinski definition) is 1. The number of phenols is 1. The van der Waals surface area contributed by atoms with Crippen LogP contribution in [0.25, 0.3) is 0 Å². The normalized spacial score (nSPS) is 15.6. The van der Waals surface area contributed by atoms with Crippen LogP contribution >= 0.6 is 0 Å². The molecule has 1 aliphatic rings. The number of ether oxygens (including phenoxy) is 2. The van der Waals surface area contributed by atoms with Crippen molar-refractivity contribution < 1.29 is 19.4 Å². The van der Waals surface area contributed by atoms with Crippen LogP contribution in [0.2, 0.25) is 0 Å². The van der Waals surface area contributed by atoms with Crippen LogP contribution in [0.15, 0.2) is 72.8 Å². The van der Waals surface area contributed by atoms with Gasteiger partial charge in [-0.25, -0.2) is 0 Å². The summed E-state index contributed by atoms with van der Waals surface area (Å²) in [6.45, 7) is 2.95. The Bertz CT molecular complexity index is 935. The van der Waals surface area contributed by atoms with E-state index in [-0.39, 0.29) is 11.5 Å². The van der Waals surface area contributed by atoms with Crippen LogP contribution in [0, 0.1) is 6.92 Å². The molecular weight excluding hydrogens is 340 g/mol. The zero-order valence-corrected chi connectivity index (χ0v) is 15.0. The number of benzene rings is 3. The lowest BCUT2D eigenvalue weighted by atomic mass is 9.94. The second-order valence-electron chi connectivity index (χ2n) is 6.63. The van der Waals surface area contributed by atoms with Crippen molar-refractivity contribution in [1.29, 1.82) is 0 Å². The summed E-state index contributed by atoms with van der Waals surface area (Å²) >= 11 is 0. The Morgan fingerprint density at radius 1 is 0.778 bits per heavy atom. The van der Waals surface area contributed by atoms with E-state index in [0.29, 0.717) is 24.3 Å². The summed E-state index contributed by atoms with van der Waals surface area (Å²) < 4.78 is 11.9. The molecule has 0 saturated carbocycles. The minimum Gasteiger partial charge on any atom is -0.508 e. The van der Waals surface area contributed by atoms with Gasteiger partial charge in [0.15, 0.2) is 5.78 Å². The first-order chi connectivity index (χ1) is 13.1. The zero-order chi connectivity index (χ0) is 18.9. The van der Waals surface area contributed by atoms with Crippen molar-refractivity contribution in [3.63, 3.8) is 0 Å². The highest BCUT2D eigenvalue weighted by Gasteiger charge is 2.40. The van der Waals surface area contributed by atoms with Crippen LogP contribution < -0.4 is 0 Å². The van der Waals surface area contributed by atoms with Crippen molar-refractivity contribution in [2.24, 2.45) is 0 Å². The molecule has 1 saturated heterocycles. The van der Waals surface area contributed by atoms with Gasteiger partial charge in [0.1, 0.15) is 5.75 Å². The van der Waals surface area contributed by atoms with E-state index in [4.69, 9.17) is 9.47 Å². The fourth-order valence-electron chi connectivity index (χ4n) is 3.31. The second-order valence-corrected chi connectivity index (χ2v) is 6.63. The molecule has 0 amide bonds. The van der Waals surface area contributed by atoms with Crippen molar-refractivity contribution >= 4 is 5.78 Å². The number of rotatable bonds is 4. The third-order valence-electron chi connectivity index (χ3n) is 4.78. The van der Waals surface area contributed by atoms with E-state index < -0.39 is 5.79 Å². The average molecular weight is 360 g/mol. The lowest BCUT2D eigenvalue weighted by molar-refractivity contribution is -0.129. The Kier molecular flexibility index (Phi) is 4.52. The largest absolute Gasteiger partial charge is 0.508 e. The average Bonchev–Trinajstić information content (AvgIpc) is 3.20. The van der Waals surface area contributed by atoms with Crippen molar-refractivity contribution in [3.8, 4) is 5.75 Å².